The fourth-order valence-corrected chi connectivity index (χ4v) is 3.56. The predicted octanol–water partition coefficient (Wildman–Crippen LogP) is 5.42. The molecule has 0 aliphatic rings. The Morgan fingerprint density at radius 2 is 1.79 bits per heavy atom. The molecule has 2 aromatic carbocycles. The Morgan fingerprint density at radius 1 is 1.24 bits per heavy atom. The van der Waals surface area contributed by atoms with Crippen molar-refractivity contribution in [2.75, 3.05) is 11.2 Å². The van der Waals surface area contributed by atoms with E-state index in [2.05, 4.69) is 56.9 Å². The molecule has 0 spiro atoms. The number of nitrogens with two attached hydrogens (primary N) is 1. The van der Waals surface area contributed by atoms with Crippen LogP contribution in [0.5, 0.6) is 0 Å². The van der Waals surface area contributed by atoms with Crippen molar-refractivity contribution in [3.63, 3.8) is 0 Å². The van der Waals surface area contributed by atoms with Gasteiger partial charge in [0.1, 0.15) is 0 Å². The van der Waals surface area contributed by atoms with Crippen molar-refractivity contribution in [1.82, 2.24) is 0 Å². The van der Waals surface area contributed by atoms with Crippen LogP contribution in [0.15, 0.2) is 35.3 Å². The molecule has 0 saturated carbocycles. The summed E-state index contributed by atoms with van der Waals surface area (Å²) in [6.45, 7) is 14.2. The minimum Gasteiger partial charge on any atom is -0.769 e. The van der Waals surface area contributed by atoms with E-state index in [1.54, 1.807) is 0 Å². The Balaban J connectivity index is 0.000000675. The van der Waals surface area contributed by atoms with E-state index in [4.69, 9.17) is 24.8 Å². The van der Waals surface area contributed by atoms with Gasteiger partial charge in [-0.3, -0.25) is 4.99 Å². The van der Waals surface area contributed by atoms with E-state index >= 15 is 0 Å². The van der Waals surface area contributed by atoms with Gasteiger partial charge in [-0.05, 0) is 48.9 Å². The summed E-state index contributed by atoms with van der Waals surface area (Å²) in [7, 11) is 0. The molecule has 0 aliphatic carbocycles. The Labute approximate surface area is 238 Å². The van der Waals surface area contributed by atoms with Crippen LogP contribution in [0.4, 0.5) is 5.69 Å². The first-order chi connectivity index (χ1) is 15.0. The zero-order chi connectivity index (χ0) is 24.5. The molecule has 180 valence electrons. The van der Waals surface area contributed by atoms with Crippen molar-refractivity contribution in [3.8, 4) is 12.3 Å². The Kier molecular flexibility index (Phi) is 14.5. The fourth-order valence-electron chi connectivity index (χ4n) is 3.42. The summed E-state index contributed by atoms with van der Waals surface area (Å²) in [6.07, 6.45) is 6.50. The van der Waals surface area contributed by atoms with Crippen LogP contribution in [0.25, 0.3) is 0 Å². The molecule has 6 heteroatoms. The molecule has 0 radical (unpaired) electrons. The van der Waals surface area contributed by atoms with E-state index in [1.165, 1.54) is 5.56 Å². The molecular formula is C27H37N3OSSm-2. The van der Waals surface area contributed by atoms with Crippen molar-refractivity contribution < 1.29 is 45.5 Å². The third kappa shape index (κ3) is 9.97. The summed E-state index contributed by atoms with van der Waals surface area (Å²) >= 11 is 4.82. The molecule has 0 aromatic heterocycles. The van der Waals surface area contributed by atoms with E-state index in [9.17, 15) is 5.11 Å². The van der Waals surface area contributed by atoms with E-state index in [-0.39, 0.29) is 46.3 Å². The molecule has 0 fully saturated rings. The van der Waals surface area contributed by atoms with Gasteiger partial charge in [0.2, 0.25) is 0 Å². The zero-order valence-electron chi connectivity index (χ0n) is 20.8. The number of hydrogen-bond acceptors (Lipinski definition) is 3. The number of benzene rings is 2. The Morgan fingerprint density at radius 3 is 2.15 bits per heavy atom. The molecular weight excluding hydrogens is 565 g/mol. The number of aliphatic imine (C=N–C) groups is 1. The second-order valence-corrected chi connectivity index (χ2v) is 9.03. The molecule has 0 bridgehead atoms. The van der Waals surface area contributed by atoms with Crippen molar-refractivity contribution in [3.05, 3.63) is 64.2 Å². The standard InChI is InChI=1S/C16H23N3S.C11H15O.Sm/c1-6-12-7-13(10(2)3)15(14(8-12)11(4)5)19-16(17)18-9-20;1-4-9-7-5-6-8-10(9)11(2,3)12;/h1,7-8,10-11,20H,9H2,2-5H3,(H3,17,18,19);6-8,12H,4H2,1-3H3;/q;-1;/p-1. The number of aryl methyl sites for hydroxylation is 1. The van der Waals surface area contributed by atoms with Gasteiger partial charge in [-0.15, -0.1) is 12.0 Å². The van der Waals surface area contributed by atoms with Crippen molar-refractivity contribution in [2.24, 2.45) is 10.7 Å². The van der Waals surface area contributed by atoms with Crippen LogP contribution in [0.1, 0.15) is 88.1 Å². The maximum absolute atomic E-state index is 9.79. The maximum atomic E-state index is 9.79. The van der Waals surface area contributed by atoms with Crippen molar-refractivity contribution in [2.45, 2.75) is 72.3 Å². The van der Waals surface area contributed by atoms with Crippen LogP contribution in [0.3, 0.4) is 0 Å². The molecule has 0 saturated heterocycles. The first kappa shape index (κ1) is 31.9. The normalized spacial score (nSPS) is 11.4. The number of aliphatic hydroxyl groups is 1. The van der Waals surface area contributed by atoms with Crippen LogP contribution in [-0.2, 0) is 24.7 Å². The van der Waals surface area contributed by atoms with Gasteiger partial charge >= 0.3 is 0 Å². The van der Waals surface area contributed by atoms with E-state index in [0.717, 1.165) is 34.4 Å². The number of nitrogens with one attached hydrogen (secondary N) is 1. The summed E-state index contributed by atoms with van der Waals surface area (Å²) in [5, 5.41) is 13.0. The summed E-state index contributed by atoms with van der Waals surface area (Å²) in [4.78, 5) is 4.02. The topological polar surface area (TPSA) is 70.6 Å². The van der Waals surface area contributed by atoms with Crippen molar-refractivity contribution >= 4 is 24.3 Å². The van der Waals surface area contributed by atoms with Gasteiger partial charge in [-0.1, -0.05) is 52.8 Å². The number of terminal acetylenes is 1. The van der Waals surface area contributed by atoms with Crippen LogP contribution in [0.2, 0.25) is 0 Å². The third-order valence-electron chi connectivity index (χ3n) is 5.09. The quantitative estimate of drug-likeness (QED) is 0.136. The average Bonchev–Trinajstić information content (AvgIpc) is 2.73. The van der Waals surface area contributed by atoms with Gasteiger partial charge in [0.05, 0.1) is 5.60 Å². The van der Waals surface area contributed by atoms with Crippen LogP contribution >= 0.6 is 0 Å². The summed E-state index contributed by atoms with van der Waals surface area (Å²) in [6, 6.07) is 12.8. The SMILES string of the molecule is C#Cc1cc(C(C)C)c(N/C(N)=N/C[S-])c(C(C)C)c1.CCc1c[c-]ccc1C(C)(C)O.[Sm]. The molecule has 2 rings (SSSR count). The second kappa shape index (κ2) is 15.0. The maximum Gasteiger partial charge on any atom is 0.191 e. The minimum atomic E-state index is -0.736. The number of hydrogen-bond donors (Lipinski definition) is 3. The number of guanidine groups is 1. The first-order valence-electron chi connectivity index (χ1n) is 11.0. The zero-order valence-corrected chi connectivity index (χ0v) is 24.3. The van der Waals surface area contributed by atoms with Gasteiger partial charge in [-0.2, -0.15) is 29.8 Å². The molecule has 0 heterocycles. The summed E-state index contributed by atoms with van der Waals surface area (Å²) in [5.74, 6) is 3.97. The van der Waals surface area contributed by atoms with E-state index in [0.29, 0.717) is 17.8 Å². The van der Waals surface area contributed by atoms with Crippen LogP contribution in [-0.4, -0.2) is 16.9 Å². The molecule has 4 N–H and O–H groups in total. The smallest absolute Gasteiger partial charge is 0.191 e. The average molecular weight is 602 g/mol. The van der Waals surface area contributed by atoms with E-state index < -0.39 is 5.60 Å². The van der Waals surface area contributed by atoms with Crippen molar-refractivity contribution in [1.29, 1.82) is 0 Å². The number of rotatable bonds is 6. The number of nitrogens with zero attached hydrogens (tertiary/aromatic N) is 1. The van der Waals surface area contributed by atoms with Gasteiger partial charge in [0.25, 0.3) is 0 Å². The Hall–Kier alpha value is -1.08. The molecule has 0 aliphatic heterocycles. The van der Waals surface area contributed by atoms with Crippen LogP contribution < -0.4 is 11.1 Å². The Bertz CT molecular complexity index is 928. The molecule has 4 nitrogen and oxygen atoms in total. The summed E-state index contributed by atoms with van der Waals surface area (Å²) < 4.78 is 0. The largest absolute Gasteiger partial charge is 0.769 e. The van der Waals surface area contributed by atoms with Gasteiger partial charge < -0.3 is 28.8 Å². The third-order valence-corrected chi connectivity index (χ3v) is 5.22. The molecule has 33 heavy (non-hydrogen) atoms. The van der Waals surface area contributed by atoms with E-state index in [1.807, 2.05) is 44.2 Å². The summed E-state index contributed by atoms with van der Waals surface area (Å²) in [5.41, 5.74) is 11.5. The fraction of sp³-hybridized carbons (Fsp3) is 0.444. The van der Waals surface area contributed by atoms with Gasteiger partial charge in [-0.25, -0.2) is 0 Å². The van der Waals surface area contributed by atoms with Gasteiger partial charge in [0, 0.05) is 51.6 Å². The predicted molar refractivity (Wildman–Crippen MR) is 140 cm³/mol. The van der Waals surface area contributed by atoms with Crippen LogP contribution in [0, 0.1) is 58.8 Å². The monoisotopic (exact) mass is 603 g/mol. The molecule has 2 aromatic rings. The number of anilines is 1. The molecule has 0 unspecified atom stereocenters. The first-order valence-corrected chi connectivity index (χ1v) is 11.5. The minimum absolute atomic E-state index is 0. The molecule has 0 amide bonds. The second-order valence-electron chi connectivity index (χ2n) is 8.78. The molecule has 0 atom stereocenters. The van der Waals surface area contributed by atoms with Gasteiger partial charge in [0.15, 0.2) is 5.96 Å².